The van der Waals surface area contributed by atoms with Gasteiger partial charge in [-0.2, -0.15) is 0 Å². The number of nitrogens with zero attached hydrogens (tertiary/aromatic N) is 1. The van der Waals surface area contributed by atoms with Gasteiger partial charge >= 0.3 is 0 Å². The van der Waals surface area contributed by atoms with Crippen molar-refractivity contribution in [1.29, 1.82) is 0 Å². The maximum atomic E-state index is 12.6. The van der Waals surface area contributed by atoms with E-state index in [1.807, 2.05) is 43.3 Å². The van der Waals surface area contributed by atoms with Crippen molar-refractivity contribution in [2.24, 2.45) is 0 Å². The van der Waals surface area contributed by atoms with Crippen LogP contribution in [-0.4, -0.2) is 17.9 Å². The summed E-state index contributed by atoms with van der Waals surface area (Å²) in [6.45, 7) is 2.41. The van der Waals surface area contributed by atoms with Crippen LogP contribution in [0.15, 0.2) is 48.5 Å². The highest BCUT2D eigenvalue weighted by atomic mass is 35.5. The molecule has 4 nitrogen and oxygen atoms in total. The monoisotopic (exact) mass is 342 g/mol. The molecule has 1 fully saturated rings. The number of rotatable bonds is 4. The number of benzene rings is 2. The number of aryl methyl sites for hydroxylation is 1. The molecular formula is C19H19ClN2O2. The van der Waals surface area contributed by atoms with Gasteiger partial charge in [-0.25, -0.2) is 0 Å². The van der Waals surface area contributed by atoms with E-state index in [1.54, 1.807) is 17.0 Å². The average molecular weight is 343 g/mol. The molecular weight excluding hydrogens is 324 g/mol. The van der Waals surface area contributed by atoms with Crippen molar-refractivity contribution in [2.45, 2.75) is 32.4 Å². The fraction of sp³-hybridized carbons (Fsp3) is 0.263. The maximum Gasteiger partial charge on any atom is 0.243 e. The lowest BCUT2D eigenvalue weighted by atomic mass is 10.1. The van der Waals surface area contributed by atoms with E-state index in [-0.39, 0.29) is 11.8 Å². The number of halogens is 1. The molecule has 124 valence electrons. The van der Waals surface area contributed by atoms with E-state index in [2.05, 4.69) is 5.32 Å². The van der Waals surface area contributed by atoms with Crippen LogP contribution in [0.4, 0.5) is 5.69 Å². The van der Waals surface area contributed by atoms with Crippen molar-refractivity contribution in [3.05, 3.63) is 64.7 Å². The molecule has 1 N–H and O–H groups in total. The summed E-state index contributed by atoms with van der Waals surface area (Å²) in [4.78, 5) is 26.4. The Kier molecular flexibility index (Phi) is 4.86. The highest BCUT2D eigenvalue weighted by Crippen LogP contribution is 2.27. The highest BCUT2D eigenvalue weighted by Gasteiger charge is 2.36. The summed E-state index contributed by atoms with van der Waals surface area (Å²) in [5.41, 5.74) is 2.86. The molecule has 0 aliphatic carbocycles. The zero-order valence-corrected chi connectivity index (χ0v) is 14.2. The molecule has 0 aromatic heterocycles. The van der Waals surface area contributed by atoms with E-state index in [0.29, 0.717) is 24.4 Å². The van der Waals surface area contributed by atoms with Crippen LogP contribution < -0.4 is 10.2 Å². The molecule has 2 aromatic rings. The number of hydrogen-bond donors (Lipinski definition) is 1. The van der Waals surface area contributed by atoms with Gasteiger partial charge < -0.3 is 5.32 Å². The van der Waals surface area contributed by atoms with Crippen LogP contribution in [0.25, 0.3) is 0 Å². The number of anilines is 1. The summed E-state index contributed by atoms with van der Waals surface area (Å²) in [5, 5.41) is 3.58. The Hall–Kier alpha value is -2.33. The molecule has 1 heterocycles. The Morgan fingerprint density at radius 1 is 1.17 bits per heavy atom. The SMILES string of the molecule is Cc1ccc(N2C(=O)CCC2C(=O)NCc2ccc(Cl)cc2)cc1. The van der Waals surface area contributed by atoms with E-state index in [0.717, 1.165) is 16.8 Å². The second kappa shape index (κ2) is 7.05. The van der Waals surface area contributed by atoms with Crippen LogP contribution in [0.2, 0.25) is 5.02 Å². The topological polar surface area (TPSA) is 49.4 Å². The van der Waals surface area contributed by atoms with Gasteiger partial charge in [0.25, 0.3) is 0 Å². The normalized spacial score (nSPS) is 17.2. The first-order valence-corrected chi connectivity index (χ1v) is 8.33. The number of carbonyl (C=O) groups is 2. The minimum atomic E-state index is -0.451. The molecule has 1 atom stereocenters. The summed E-state index contributed by atoms with van der Waals surface area (Å²) in [7, 11) is 0. The van der Waals surface area contributed by atoms with Gasteiger partial charge in [0.05, 0.1) is 0 Å². The van der Waals surface area contributed by atoms with Gasteiger partial charge in [-0.15, -0.1) is 0 Å². The Morgan fingerprint density at radius 3 is 2.50 bits per heavy atom. The predicted octanol–water partition coefficient (Wildman–Crippen LogP) is 3.46. The van der Waals surface area contributed by atoms with Crippen LogP contribution in [0.1, 0.15) is 24.0 Å². The molecule has 2 aromatic carbocycles. The minimum absolute atomic E-state index is 0.00880. The van der Waals surface area contributed by atoms with E-state index in [4.69, 9.17) is 11.6 Å². The van der Waals surface area contributed by atoms with Gasteiger partial charge in [-0.05, 0) is 43.2 Å². The number of carbonyl (C=O) groups excluding carboxylic acids is 2. The van der Waals surface area contributed by atoms with Crippen molar-refractivity contribution in [3.8, 4) is 0 Å². The summed E-state index contributed by atoms with van der Waals surface area (Å²) in [5.74, 6) is -0.137. The minimum Gasteiger partial charge on any atom is -0.350 e. The maximum absolute atomic E-state index is 12.6. The largest absolute Gasteiger partial charge is 0.350 e. The van der Waals surface area contributed by atoms with E-state index >= 15 is 0 Å². The predicted molar refractivity (Wildman–Crippen MR) is 95.0 cm³/mol. The molecule has 0 radical (unpaired) electrons. The van der Waals surface area contributed by atoms with Crippen LogP contribution in [0.5, 0.6) is 0 Å². The van der Waals surface area contributed by atoms with Gasteiger partial charge in [0, 0.05) is 23.7 Å². The standard InChI is InChI=1S/C19H19ClN2O2/c1-13-2-8-16(9-3-13)22-17(10-11-18(22)23)19(24)21-12-14-4-6-15(20)7-5-14/h2-9,17H,10-12H2,1H3,(H,21,24). The quantitative estimate of drug-likeness (QED) is 0.925. The molecule has 1 saturated heterocycles. The van der Waals surface area contributed by atoms with Crippen LogP contribution in [-0.2, 0) is 16.1 Å². The Morgan fingerprint density at radius 2 is 1.83 bits per heavy atom. The molecule has 2 amide bonds. The van der Waals surface area contributed by atoms with E-state index < -0.39 is 6.04 Å². The zero-order valence-electron chi connectivity index (χ0n) is 13.5. The summed E-state index contributed by atoms with van der Waals surface area (Å²) in [6.07, 6.45) is 0.937. The van der Waals surface area contributed by atoms with Crippen molar-refractivity contribution in [3.63, 3.8) is 0 Å². The highest BCUT2D eigenvalue weighted by molar-refractivity contribution is 6.30. The van der Waals surface area contributed by atoms with Gasteiger partial charge in [-0.1, -0.05) is 41.4 Å². The lowest BCUT2D eigenvalue weighted by molar-refractivity contribution is -0.124. The van der Waals surface area contributed by atoms with Crippen LogP contribution >= 0.6 is 11.6 Å². The molecule has 0 spiro atoms. The Labute approximate surface area is 146 Å². The lowest BCUT2D eigenvalue weighted by Gasteiger charge is -2.24. The molecule has 1 aliphatic heterocycles. The van der Waals surface area contributed by atoms with Crippen molar-refractivity contribution < 1.29 is 9.59 Å². The lowest BCUT2D eigenvalue weighted by Crippen LogP contribution is -2.44. The third-order valence-electron chi connectivity index (χ3n) is 4.21. The summed E-state index contributed by atoms with van der Waals surface area (Å²) >= 11 is 5.86. The second-order valence-electron chi connectivity index (χ2n) is 6.00. The molecule has 5 heteroatoms. The van der Waals surface area contributed by atoms with E-state index in [9.17, 15) is 9.59 Å². The van der Waals surface area contributed by atoms with Crippen molar-refractivity contribution in [1.82, 2.24) is 5.32 Å². The van der Waals surface area contributed by atoms with Gasteiger partial charge in [0.15, 0.2) is 0 Å². The number of amides is 2. The fourth-order valence-corrected chi connectivity index (χ4v) is 3.00. The third kappa shape index (κ3) is 3.60. The second-order valence-corrected chi connectivity index (χ2v) is 6.43. The zero-order chi connectivity index (χ0) is 17.1. The molecule has 24 heavy (non-hydrogen) atoms. The first-order valence-electron chi connectivity index (χ1n) is 7.95. The average Bonchev–Trinajstić information content (AvgIpc) is 2.96. The molecule has 1 aliphatic rings. The molecule has 0 bridgehead atoms. The molecule has 3 rings (SSSR count). The first-order chi connectivity index (χ1) is 11.5. The number of nitrogens with one attached hydrogen (secondary N) is 1. The smallest absolute Gasteiger partial charge is 0.243 e. The molecule has 1 unspecified atom stereocenters. The summed E-state index contributed by atoms with van der Waals surface area (Å²) in [6, 6.07) is 14.6. The van der Waals surface area contributed by atoms with Crippen molar-refractivity contribution >= 4 is 29.1 Å². The van der Waals surface area contributed by atoms with Crippen LogP contribution in [0, 0.1) is 6.92 Å². The Balaban J connectivity index is 1.69. The number of hydrogen-bond acceptors (Lipinski definition) is 2. The van der Waals surface area contributed by atoms with E-state index in [1.165, 1.54) is 0 Å². The van der Waals surface area contributed by atoms with Gasteiger partial charge in [-0.3, -0.25) is 14.5 Å². The molecule has 0 saturated carbocycles. The first kappa shape index (κ1) is 16.5. The van der Waals surface area contributed by atoms with Gasteiger partial charge in [0.2, 0.25) is 11.8 Å². The fourth-order valence-electron chi connectivity index (χ4n) is 2.87. The Bertz CT molecular complexity index is 741. The van der Waals surface area contributed by atoms with Gasteiger partial charge in [0.1, 0.15) is 6.04 Å². The summed E-state index contributed by atoms with van der Waals surface area (Å²) < 4.78 is 0. The third-order valence-corrected chi connectivity index (χ3v) is 4.46. The van der Waals surface area contributed by atoms with Crippen LogP contribution in [0.3, 0.4) is 0 Å². The van der Waals surface area contributed by atoms with Crippen molar-refractivity contribution in [2.75, 3.05) is 4.90 Å².